The summed E-state index contributed by atoms with van der Waals surface area (Å²) in [6.45, 7) is -2.58. The van der Waals surface area contributed by atoms with E-state index in [4.69, 9.17) is 20.9 Å². The van der Waals surface area contributed by atoms with E-state index >= 15 is 0 Å². The molecule has 37 heteroatoms. The number of nitrogens with zero attached hydrogens (tertiary/aromatic N) is 8. The van der Waals surface area contributed by atoms with Gasteiger partial charge >= 0.3 is 0 Å². The first-order valence-electron chi connectivity index (χ1n) is 15.0. The van der Waals surface area contributed by atoms with Crippen molar-refractivity contribution in [3.05, 3.63) is 25.3 Å². The number of anilines is 2. The summed E-state index contributed by atoms with van der Waals surface area (Å²) in [5, 5.41) is 41.6. The summed E-state index contributed by atoms with van der Waals surface area (Å²) in [5.74, 6) is -0.127. The van der Waals surface area contributed by atoms with Crippen LogP contribution in [0.3, 0.4) is 0 Å². The van der Waals surface area contributed by atoms with Crippen LogP contribution >= 0.6 is 39.1 Å². The van der Waals surface area contributed by atoms with Gasteiger partial charge in [-0.2, -0.15) is 0 Å². The van der Waals surface area contributed by atoms with Crippen LogP contribution in [0.5, 0.6) is 0 Å². The Labute approximate surface area is 314 Å². The molecule has 0 aliphatic carbocycles. The molecule has 2 aliphatic heterocycles. The summed E-state index contributed by atoms with van der Waals surface area (Å²) in [6, 6.07) is 0. The van der Waals surface area contributed by atoms with Crippen molar-refractivity contribution in [2.75, 3.05) is 24.7 Å². The quantitative estimate of drug-likeness (QED) is 0.0571. The second-order valence-corrected chi connectivity index (χ2v) is 19.0. The first-order chi connectivity index (χ1) is 26.4. The highest BCUT2D eigenvalue weighted by Gasteiger charge is 2.46. The van der Waals surface area contributed by atoms with Crippen molar-refractivity contribution in [3.63, 3.8) is 0 Å². The van der Waals surface area contributed by atoms with Crippen molar-refractivity contribution in [3.8, 4) is 0 Å². The molecule has 0 amide bonds. The van der Waals surface area contributed by atoms with Crippen LogP contribution in [0, 0.1) is 0 Å². The summed E-state index contributed by atoms with van der Waals surface area (Å²) >= 11 is 0. The summed E-state index contributed by atoms with van der Waals surface area (Å²) in [4.78, 5) is 83.8. The minimum atomic E-state index is -6.88. The number of nitrogens with two attached hydrogens (primary N) is 2. The zero-order valence-electron chi connectivity index (χ0n) is 27.4. The zero-order valence-corrected chi connectivity index (χ0v) is 31.9. The maximum atomic E-state index is 12.2. The van der Waals surface area contributed by atoms with Crippen LogP contribution in [0.4, 0.5) is 11.6 Å². The van der Waals surface area contributed by atoms with Crippen LogP contribution in [0.1, 0.15) is 12.5 Å². The highest BCUT2D eigenvalue weighted by atomic mass is 31.3. The van der Waals surface area contributed by atoms with Crippen LogP contribution in [0.2, 0.25) is 0 Å². The molecule has 4 aromatic rings. The molecule has 4 aromatic heterocycles. The van der Waals surface area contributed by atoms with E-state index in [-0.39, 0.29) is 34.0 Å². The summed E-state index contributed by atoms with van der Waals surface area (Å²) in [5.41, 5.74) is 11.5. The van der Waals surface area contributed by atoms with Crippen molar-refractivity contribution in [1.82, 2.24) is 39.0 Å². The van der Waals surface area contributed by atoms with E-state index in [2.05, 4.69) is 56.2 Å². The fourth-order valence-corrected chi connectivity index (χ4v) is 11.3. The van der Waals surface area contributed by atoms with Crippen molar-refractivity contribution in [2.45, 2.75) is 49.1 Å². The number of phosphoric acid groups is 5. The van der Waals surface area contributed by atoms with Gasteiger partial charge < -0.3 is 74.9 Å². The maximum Gasteiger partial charge on any atom is 0.280 e. The minimum absolute atomic E-state index is 0.0160. The molecule has 0 saturated carbocycles. The molecule has 6 heterocycles. The number of aliphatic hydroxyl groups is 4. The van der Waals surface area contributed by atoms with Crippen molar-refractivity contribution < 1.29 is 103 Å². The average molecular weight is 911 g/mol. The second kappa shape index (κ2) is 16.0. The summed E-state index contributed by atoms with van der Waals surface area (Å²) in [6.07, 6.45) is -9.67. The molecule has 57 heavy (non-hydrogen) atoms. The number of aliphatic hydroxyl groups excluding tert-OH is 4. The third kappa shape index (κ3) is 9.80. The van der Waals surface area contributed by atoms with Gasteiger partial charge in [0.15, 0.2) is 35.4 Å². The van der Waals surface area contributed by atoms with E-state index in [1.54, 1.807) is 0 Å². The number of aromatic nitrogens is 8. The smallest absolute Gasteiger partial charge is 0.280 e. The molecule has 6 rings (SSSR count). The Kier molecular flexibility index (Phi) is 12.3. The summed E-state index contributed by atoms with van der Waals surface area (Å²) in [7, 11) is -32.8. The van der Waals surface area contributed by atoms with Crippen LogP contribution < -0.4 is 35.9 Å². The molecule has 12 atom stereocenters. The lowest BCUT2D eigenvalue weighted by atomic mass is 10.1. The van der Waals surface area contributed by atoms with Gasteiger partial charge in [0, 0.05) is 0 Å². The Morgan fingerprint density at radius 3 is 1.25 bits per heavy atom. The van der Waals surface area contributed by atoms with E-state index in [1.165, 1.54) is 0 Å². The van der Waals surface area contributed by atoms with Crippen molar-refractivity contribution in [2.24, 2.45) is 0 Å². The van der Waals surface area contributed by atoms with E-state index < -0.39 is 101 Å². The molecule has 2 saturated heterocycles. The summed E-state index contributed by atoms with van der Waals surface area (Å²) < 4.78 is 96.0. The molecule has 32 nitrogen and oxygen atoms in total. The van der Waals surface area contributed by atoms with E-state index in [0.29, 0.717) is 0 Å². The molecule has 0 radical (unpaired) electrons. The van der Waals surface area contributed by atoms with Gasteiger partial charge in [0.05, 0.1) is 25.9 Å². The Bertz CT molecular complexity index is 2230. The van der Waals surface area contributed by atoms with Crippen molar-refractivity contribution in [1.29, 1.82) is 0 Å². The van der Waals surface area contributed by atoms with E-state index in [0.717, 1.165) is 34.4 Å². The highest BCUT2D eigenvalue weighted by Crippen LogP contribution is 2.69. The molecular weight excluding hydrogens is 887 g/mol. The molecule has 316 valence electrons. The van der Waals surface area contributed by atoms with Crippen LogP contribution in [-0.4, -0.2) is 109 Å². The van der Waals surface area contributed by atoms with Gasteiger partial charge in [-0.25, -0.2) is 47.1 Å². The molecule has 8 N–H and O–H groups in total. The monoisotopic (exact) mass is 911 g/mol. The molecule has 2 fully saturated rings. The number of phosphoric ester groups is 2. The largest absolute Gasteiger partial charge is 0.756 e. The number of ether oxygens (including phenoxy) is 2. The number of rotatable bonds is 16. The first-order valence-corrected chi connectivity index (χ1v) is 22.3. The SMILES string of the molecule is Nc1ncnc2c1ncn2[C@@H]1O[C@H](COP(=O)([O-])OP(=O)([O-])OP(=O)([O-])OP(=O)([O-])OP(=O)([O-])OC[C@H]2O[C@@H](n3cnc4c(N)ncnc43)[C@H](O)[C@@H]2O)[C@@H](O)[C@H]1O. The van der Waals surface area contributed by atoms with Gasteiger partial charge in [-0.3, -0.25) is 32.0 Å². The van der Waals surface area contributed by atoms with Crippen LogP contribution in [0.15, 0.2) is 25.3 Å². The van der Waals surface area contributed by atoms with Crippen LogP contribution in [-0.2, 0) is 58.6 Å². The Hall–Kier alpha value is -2.83. The lowest BCUT2D eigenvalue weighted by Gasteiger charge is -2.37. The highest BCUT2D eigenvalue weighted by molar-refractivity contribution is 7.70. The van der Waals surface area contributed by atoms with Gasteiger partial charge in [-0.1, -0.05) is 0 Å². The lowest BCUT2D eigenvalue weighted by Crippen LogP contribution is -2.34. The maximum absolute atomic E-state index is 12.2. The Morgan fingerprint density at radius 2 is 0.895 bits per heavy atom. The minimum Gasteiger partial charge on any atom is -0.756 e. The topological polar surface area (TPSA) is 495 Å². The number of nitrogen functional groups attached to an aromatic ring is 2. The Morgan fingerprint density at radius 1 is 0.561 bits per heavy atom. The zero-order chi connectivity index (χ0) is 41.9. The lowest BCUT2D eigenvalue weighted by molar-refractivity contribution is -0.256. The predicted molar refractivity (Wildman–Crippen MR) is 166 cm³/mol. The molecule has 2 aliphatic rings. The number of hydrogen-bond acceptors (Lipinski definition) is 30. The van der Waals surface area contributed by atoms with Gasteiger partial charge in [0.1, 0.15) is 60.3 Å². The number of fused-ring (bicyclic) bond motifs is 2. The third-order valence-electron chi connectivity index (χ3n) is 7.59. The number of imidazole rings is 2. The van der Waals surface area contributed by atoms with Gasteiger partial charge in [-0.15, -0.1) is 0 Å². The second-order valence-electron chi connectivity index (χ2n) is 11.4. The normalized spacial score (nSPS) is 30.8. The van der Waals surface area contributed by atoms with Gasteiger partial charge in [0.25, 0.3) is 39.1 Å². The Balaban J connectivity index is 1.00. The molecule has 4 unspecified atom stereocenters. The predicted octanol–water partition coefficient (Wildman–Crippen LogP) is -5.49. The third-order valence-corrected chi connectivity index (χ3v) is 14.9. The molecular formula is C20H24N10O22P5-5. The van der Waals surface area contributed by atoms with Gasteiger partial charge in [-0.05, 0) is 0 Å². The van der Waals surface area contributed by atoms with Crippen LogP contribution in [0.25, 0.3) is 22.3 Å². The molecule has 0 aromatic carbocycles. The van der Waals surface area contributed by atoms with Gasteiger partial charge in [0.2, 0.25) is 0 Å². The first kappa shape index (κ1) is 43.7. The number of hydrogen-bond donors (Lipinski definition) is 6. The fraction of sp³-hybridized carbons (Fsp3) is 0.500. The average Bonchev–Trinajstić information content (AvgIpc) is 3.83. The standard InChI is InChI=1S/C20H29N10O22P5/c21-15-9-17(25-3-23-15)29(5-27-9)19-13(33)11(31)7(47-19)1-45-53(35,36)49-55(39,40)51-57(43,44)52-56(41,42)50-54(37,38)46-2-8-12(32)14(34)20(48-8)30-6-28-10-16(22)24-4-26-18(10)30/h3-8,11-14,19-20,31-34H,1-2H2,(H,35,36)(H,37,38)(H,39,40)(H,41,42)(H,43,44)(H2,21,23,25)(H2,22,24,26)/p-5/t7-,8-,11-,12-,13-,14-,19-,20-/m1/s1. The fourth-order valence-electron chi connectivity index (χ4n) is 5.22. The van der Waals surface area contributed by atoms with E-state index in [1.807, 2.05) is 0 Å². The molecule has 0 bridgehead atoms. The molecule has 0 spiro atoms. The van der Waals surface area contributed by atoms with Crippen molar-refractivity contribution >= 4 is 73.1 Å². The van der Waals surface area contributed by atoms with E-state index in [9.17, 15) is 67.7 Å².